The van der Waals surface area contributed by atoms with Crippen LogP contribution in [0.4, 0.5) is 0 Å². The van der Waals surface area contributed by atoms with E-state index in [1.54, 1.807) is 6.07 Å². The van der Waals surface area contributed by atoms with Crippen molar-refractivity contribution >= 4 is 11.6 Å². The maximum atomic E-state index is 6.21. The number of nitrogens with two attached hydrogens (primary N) is 1. The van der Waals surface area contributed by atoms with Gasteiger partial charge in [-0.15, -0.1) is 0 Å². The molecule has 1 fully saturated rings. The fourth-order valence-corrected chi connectivity index (χ4v) is 2.56. The van der Waals surface area contributed by atoms with E-state index in [0.717, 1.165) is 11.5 Å². The van der Waals surface area contributed by atoms with Crippen molar-refractivity contribution in [3.05, 3.63) is 58.5 Å². The number of hydrogen-bond donors (Lipinski definition) is 1. The highest BCUT2D eigenvalue weighted by atomic mass is 35.5. The van der Waals surface area contributed by atoms with Crippen LogP contribution in [-0.2, 0) is 0 Å². The minimum atomic E-state index is -0.238. The van der Waals surface area contributed by atoms with Crippen molar-refractivity contribution < 1.29 is 4.42 Å². The minimum absolute atomic E-state index is 0.238. The molecule has 0 amide bonds. The van der Waals surface area contributed by atoms with E-state index < -0.39 is 0 Å². The van der Waals surface area contributed by atoms with Crippen LogP contribution in [-0.4, -0.2) is 0 Å². The first-order chi connectivity index (χ1) is 8.74. The van der Waals surface area contributed by atoms with Gasteiger partial charge < -0.3 is 10.2 Å². The van der Waals surface area contributed by atoms with Gasteiger partial charge in [0.15, 0.2) is 5.22 Å². The predicted octanol–water partition coefficient (Wildman–Crippen LogP) is 4.25. The average Bonchev–Trinajstić information content (AvgIpc) is 2.73. The number of rotatable bonds is 3. The van der Waals surface area contributed by atoms with E-state index in [4.69, 9.17) is 21.8 Å². The second-order valence-electron chi connectivity index (χ2n) is 4.92. The molecular weight excluding hydrogens is 246 g/mol. The van der Waals surface area contributed by atoms with Crippen molar-refractivity contribution in [2.24, 2.45) is 5.73 Å². The SMILES string of the molecule is NC(c1cccc(C2CCC2)c1)c1ccc(Cl)o1. The van der Waals surface area contributed by atoms with Crippen LogP contribution < -0.4 is 5.73 Å². The first kappa shape index (κ1) is 11.8. The molecule has 0 bridgehead atoms. The molecule has 18 heavy (non-hydrogen) atoms. The molecule has 3 rings (SSSR count). The Bertz CT molecular complexity index is 545. The van der Waals surface area contributed by atoms with E-state index in [1.165, 1.54) is 24.8 Å². The zero-order valence-corrected chi connectivity index (χ0v) is 10.9. The smallest absolute Gasteiger partial charge is 0.193 e. The third-order valence-electron chi connectivity index (χ3n) is 3.75. The monoisotopic (exact) mass is 261 g/mol. The zero-order valence-electron chi connectivity index (χ0n) is 10.1. The summed E-state index contributed by atoms with van der Waals surface area (Å²) in [7, 11) is 0. The standard InChI is InChI=1S/C15H16ClNO/c16-14-8-7-13(18-14)15(17)12-6-2-5-11(9-12)10-3-1-4-10/h2,5-10,15H,1,3-4,17H2. The molecule has 3 heteroatoms. The van der Waals surface area contributed by atoms with Gasteiger partial charge in [-0.2, -0.15) is 0 Å². The molecule has 1 aliphatic rings. The molecule has 2 aromatic rings. The normalized spacial score (nSPS) is 17.4. The maximum absolute atomic E-state index is 6.21. The second kappa shape index (κ2) is 4.79. The summed E-state index contributed by atoms with van der Waals surface area (Å²) in [6.07, 6.45) is 3.94. The van der Waals surface area contributed by atoms with Gasteiger partial charge in [-0.25, -0.2) is 0 Å². The van der Waals surface area contributed by atoms with Crippen LogP contribution in [0.1, 0.15) is 48.1 Å². The van der Waals surface area contributed by atoms with Gasteiger partial charge in [0.1, 0.15) is 5.76 Å². The highest BCUT2D eigenvalue weighted by molar-refractivity contribution is 6.28. The summed E-state index contributed by atoms with van der Waals surface area (Å²) in [6, 6.07) is 11.8. The van der Waals surface area contributed by atoms with Crippen molar-refractivity contribution in [1.82, 2.24) is 0 Å². The van der Waals surface area contributed by atoms with Gasteiger partial charge in [0.25, 0.3) is 0 Å². The fourth-order valence-electron chi connectivity index (χ4n) is 2.41. The molecule has 2 nitrogen and oxygen atoms in total. The Morgan fingerprint density at radius 2 is 2.06 bits per heavy atom. The minimum Gasteiger partial charge on any atom is -0.448 e. The summed E-state index contributed by atoms with van der Waals surface area (Å²) in [5.41, 5.74) is 8.69. The van der Waals surface area contributed by atoms with Gasteiger partial charge >= 0.3 is 0 Å². The molecule has 1 heterocycles. The molecular formula is C15H16ClNO. The molecule has 0 spiro atoms. The molecule has 1 saturated carbocycles. The predicted molar refractivity (Wildman–Crippen MR) is 72.8 cm³/mol. The van der Waals surface area contributed by atoms with Crippen LogP contribution in [0.5, 0.6) is 0 Å². The van der Waals surface area contributed by atoms with Crippen LogP contribution in [0.2, 0.25) is 5.22 Å². The largest absolute Gasteiger partial charge is 0.448 e. The molecule has 94 valence electrons. The van der Waals surface area contributed by atoms with Crippen LogP contribution in [0.15, 0.2) is 40.8 Å². The Morgan fingerprint density at radius 3 is 2.67 bits per heavy atom. The quantitative estimate of drug-likeness (QED) is 0.897. The number of furan rings is 1. The lowest BCUT2D eigenvalue weighted by molar-refractivity contribution is 0.419. The topological polar surface area (TPSA) is 39.2 Å². The molecule has 1 aliphatic carbocycles. The van der Waals surface area contributed by atoms with Crippen molar-refractivity contribution in [1.29, 1.82) is 0 Å². The Balaban J connectivity index is 1.86. The second-order valence-corrected chi connectivity index (χ2v) is 5.29. The summed E-state index contributed by atoms with van der Waals surface area (Å²) in [5.74, 6) is 1.43. The Kier molecular flexibility index (Phi) is 3.14. The average molecular weight is 262 g/mol. The molecule has 1 unspecified atom stereocenters. The van der Waals surface area contributed by atoms with Crippen molar-refractivity contribution in [3.63, 3.8) is 0 Å². The summed E-state index contributed by atoms with van der Waals surface area (Å²) in [6.45, 7) is 0. The van der Waals surface area contributed by atoms with E-state index in [1.807, 2.05) is 12.1 Å². The Morgan fingerprint density at radius 1 is 1.22 bits per heavy atom. The molecule has 1 atom stereocenters. The van der Waals surface area contributed by atoms with Crippen LogP contribution >= 0.6 is 11.6 Å². The summed E-state index contributed by atoms with van der Waals surface area (Å²) in [5, 5.41) is 0.385. The summed E-state index contributed by atoms with van der Waals surface area (Å²) < 4.78 is 5.38. The van der Waals surface area contributed by atoms with Crippen LogP contribution in [0.25, 0.3) is 0 Å². The highest BCUT2D eigenvalue weighted by Crippen LogP contribution is 2.37. The van der Waals surface area contributed by atoms with Crippen LogP contribution in [0, 0.1) is 0 Å². The van der Waals surface area contributed by atoms with Gasteiger partial charge in [-0.05, 0) is 53.6 Å². The highest BCUT2D eigenvalue weighted by Gasteiger charge is 2.21. The Labute approximate surface area is 112 Å². The third kappa shape index (κ3) is 2.18. The lowest BCUT2D eigenvalue weighted by atomic mass is 9.79. The molecule has 2 N–H and O–H groups in total. The number of benzene rings is 1. The number of halogens is 1. The summed E-state index contributed by atoms with van der Waals surface area (Å²) >= 11 is 5.78. The van der Waals surface area contributed by atoms with Crippen molar-refractivity contribution in [2.75, 3.05) is 0 Å². The van der Waals surface area contributed by atoms with Gasteiger partial charge in [0.2, 0.25) is 0 Å². The molecule has 1 aromatic carbocycles. The summed E-state index contributed by atoms with van der Waals surface area (Å²) in [4.78, 5) is 0. The van der Waals surface area contributed by atoms with E-state index in [0.29, 0.717) is 11.0 Å². The van der Waals surface area contributed by atoms with Gasteiger partial charge in [-0.1, -0.05) is 30.7 Å². The van der Waals surface area contributed by atoms with Gasteiger partial charge in [-0.3, -0.25) is 0 Å². The van der Waals surface area contributed by atoms with Crippen molar-refractivity contribution in [3.8, 4) is 0 Å². The first-order valence-corrected chi connectivity index (χ1v) is 6.72. The third-order valence-corrected chi connectivity index (χ3v) is 3.95. The first-order valence-electron chi connectivity index (χ1n) is 6.35. The van der Waals surface area contributed by atoms with E-state index >= 15 is 0 Å². The number of hydrogen-bond acceptors (Lipinski definition) is 2. The fraction of sp³-hybridized carbons (Fsp3) is 0.333. The molecule has 0 radical (unpaired) electrons. The van der Waals surface area contributed by atoms with Crippen LogP contribution in [0.3, 0.4) is 0 Å². The van der Waals surface area contributed by atoms with Crippen molar-refractivity contribution in [2.45, 2.75) is 31.2 Å². The van der Waals surface area contributed by atoms with Gasteiger partial charge in [0, 0.05) is 0 Å². The molecule has 0 aliphatic heterocycles. The lowest BCUT2D eigenvalue weighted by Crippen LogP contribution is -2.13. The van der Waals surface area contributed by atoms with E-state index in [-0.39, 0.29) is 6.04 Å². The lowest BCUT2D eigenvalue weighted by Gasteiger charge is -2.26. The van der Waals surface area contributed by atoms with Gasteiger partial charge in [0.05, 0.1) is 6.04 Å². The Hall–Kier alpha value is -1.25. The van der Waals surface area contributed by atoms with E-state index in [2.05, 4.69) is 18.2 Å². The molecule has 0 saturated heterocycles. The zero-order chi connectivity index (χ0) is 12.5. The molecule has 1 aromatic heterocycles. The van der Waals surface area contributed by atoms with E-state index in [9.17, 15) is 0 Å². The maximum Gasteiger partial charge on any atom is 0.193 e.